The molecule has 20 heavy (non-hydrogen) atoms. The number of fused-ring (bicyclic) bond motifs is 1. The van der Waals surface area contributed by atoms with Crippen LogP contribution < -0.4 is 5.32 Å². The first kappa shape index (κ1) is 14.5. The van der Waals surface area contributed by atoms with Crippen LogP contribution in [0, 0.1) is 13.8 Å². The molecule has 3 heterocycles. The Kier molecular flexibility index (Phi) is 4.43. The lowest BCUT2D eigenvalue weighted by Crippen LogP contribution is -2.12. The van der Waals surface area contributed by atoms with Crippen molar-refractivity contribution in [1.29, 1.82) is 0 Å². The van der Waals surface area contributed by atoms with Crippen LogP contribution in [0.2, 0.25) is 0 Å². The second-order valence-electron chi connectivity index (χ2n) is 4.86. The maximum Gasteiger partial charge on any atom is 0.146 e. The largest absolute Gasteiger partial charge is 0.370 e. The van der Waals surface area contributed by atoms with Gasteiger partial charge in [-0.05, 0) is 26.3 Å². The summed E-state index contributed by atoms with van der Waals surface area (Å²) in [6.45, 7) is 7.35. The fourth-order valence-corrected chi connectivity index (χ4v) is 5.98. The number of aryl methyl sites for hydroxylation is 2. The number of hydrogen-bond donors (Lipinski definition) is 1. The van der Waals surface area contributed by atoms with Gasteiger partial charge in [0.1, 0.15) is 16.5 Å². The van der Waals surface area contributed by atoms with Crippen molar-refractivity contribution in [1.82, 2.24) is 9.97 Å². The summed E-state index contributed by atoms with van der Waals surface area (Å²) in [5.74, 6) is 5.61. The molecule has 2 aromatic heterocycles. The molecule has 6 heteroatoms. The van der Waals surface area contributed by atoms with Gasteiger partial charge in [-0.2, -0.15) is 11.8 Å². The van der Waals surface area contributed by atoms with Crippen molar-refractivity contribution in [3.63, 3.8) is 0 Å². The first-order chi connectivity index (χ1) is 9.70. The van der Waals surface area contributed by atoms with Gasteiger partial charge in [-0.25, -0.2) is 9.97 Å². The lowest BCUT2D eigenvalue weighted by molar-refractivity contribution is 0.942. The summed E-state index contributed by atoms with van der Waals surface area (Å²) in [4.78, 5) is 12.2. The molecule has 3 rings (SSSR count). The third kappa shape index (κ3) is 2.65. The van der Waals surface area contributed by atoms with Gasteiger partial charge < -0.3 is 5.32 Å². The Morgan fingerprint density at radius 1 is 1.25 bits per heavy atom. The topological polar surface area (TPSA) is 37.8 Å². The van der Waals surface area contributed by atoms with Crippen LogP contribution in [-0.4, -0.2) is 33.8 Å². The molecular weight excluding hydrogens is 306 g/mol. The molecule has 1 aliphatic rings. The molecule has 0 saturated carbocycles. The van der Waals surface area contributed by atoms with Crippen molar-refractivity contribution in [2.45, 2.75) is 26.0 Å². The summed E-state index contributed by atoms with van der Waals surface area (Å²) in [5.41, 5.74) is 1.32. The fraction of sp³-hybridized carbons (Fsp3) is 0.571. The molecule has 0 aliphatic carbocycles. The first-order valence-electron chi connectivity index (χ1n) is 6.91. The number of nitrogens with one attached hydrogen (secondary N) is 1. The van der Waals surface area contributed by atoms with Gasteiger partial charge in [0.25, 0.3) is 0 Å². The van der Waals surface area contributed by atoms with E-state index in [0.717, 1.165) is 28.8 Å². The molecule has 0 radical (unpaired) electrons. The van der Waals surface area contributed by atoms with Crippen molar-refractivity contribution >= 4 is 50.9 Å². The van der Waals surface area contributed by atoms with Crippen LogP contribution in [0.25, 0.3) is 10.2 Å². The van der Waals surface area contributed by atoms with Crippen molar-refractivity contribution in [2.75, 3.05) is 29.1 Å². The molecule has 1 fully saturated rings. The highest BCUT2D eigenvalue weighted by Crippen LogP contribution is 2.39. The highest BCUT2D eigenvalue weighted by molar-refractivity contribution is 8.06. The van der Waals surface area contributed by atoms with Crippen LogP contribution in [0.5, 0.6) is 0 Å². The summed E-state index contributed by atoms with van der Waals surface area (Å²) < 4.78 is 0. The van der Waals surface area contributed by atoms with E-state index in [4.69, 9.17) is 9.97 Å². The van der Waals surface area contributed by atoms with E-state index in [0.29, 0.717) is 5.25 Å². The van der Waals surface area contributed by atoms with Gasteiger partial charge in [0.2, 0.25) is 0 Å². The van der Waals surface area contributed by atoms with Crippen LogP contribution in [0.1, 0.15) is 28.4 Å². The predicted octanol–water partition coefficient (Wildman–Crippen LogP) is 4.26. The molecular formula is C14H19N3S3. The van der Waals surface area contributed by atoms with E-state index in [1.54, 1.807) is 11.3 Å². The van der Waals surface area contributed by atoms with E-state index >= 15 is 0 Å². The average Bonchev–Trinajstić information content (AvgIpc) is 2.75. The minimum atomic E-state index is 0.443. The molecule has 1 unspecified atom stereocenters. The number of anilines is 1. The molecule has 108 valence electrons. The highest BCUT2D eigenvalue weighted by Gasteiger charge is 2.22. The predicted molar refractivity (Wildman–Crippen MR) is 93.6 cm³/mol. The van der Waals surface area contributed by atoms with Crippen molar-refractivity contribution in [3.8, 4) is 0 Å². The maximum atomic E-state index is 4.86. The molecule has 0 bridgehead atoms. The lowest BCUT2D eigenvalue weighted by atomic mass is 10.2. The Balaban J connectivity index is 2.10. The zero-order valence-corrected chi connectivity index (χ0v) is 14.5. The summed E-state index contributed by atoms with van der Waals surface area (Å²) in [6.07, 6.45) is 0. The van der Waals surface area contributed by atoms with Crippen LogP contribution >= 0.6 is 34.9 Å². The van der Waals surface area contributed by atoms with Gasteiger partial charge in [0.05, 0.1) is 10.6 Å². The van der Waals surface area contributed by atoms with E-state index < -0.39 is 0 Å². The number of aromatic nitrogens is 2. The fourth-order valence-electron chi connectivity index (χ4n) is 2.34. The standard InChI is InChI=1S/C14H19N3S3/c1-4-15-13-11-8(2)9(3)20-14(11)17-12(16-13)10-7-18-5-6-19-10/h10H,4-7H2,1-3H3,(H,15,16,17). The number of rotatable bonds is 3. The maximum absolute atomic E-state index is 4.86. The third-order valence-corrected chi connectivity index (χ3v) is 7.35. The summed E-state index contributed by atoms with van der Waals surface area (Å²) in [5, 5.41) is 5.08. The van der Waals surface area contributed by atoms with Gasteiger partial charge in [-0.3, -0.25) is 0 Å². The summed E-state index contributed by atoms with van der Waals surface area (Å²) in [7, 11) is 0. The minimum Gasteiger partial charge on any atom is -0.370 e. The third-order valence-electron chi connectivity index (χ3n) is 3.49. The van der Waals surface area contributed by atoms with Gasteiger partial charge in [0, 0.05) is 28.7 Å². The van der Waals surface area contributed by atoms with Crippen molar-refractivity contribution in [2.24, 2.45) is 0 Å². The molecule has 3 nitrogen and oxygen atoms in total. The molecule has 0 spiro atoms. The number of thiophene rings is 1. The van der Waals surface area contributed by atoms with E-state index in [1.807, 2.05) is 23.5 Å². The molecule has 1 aliphatic heterocycles. The van der Waals surface area contributed by atoms with E-state index in [-0.39, 0.29) is 0 Å². The summed E-state index contributed by atoms with van der Waals surface area (Å²) in [6, 6.07) is 0. The second kappa shape index (κ2) is 6.12. The van der Waals surface area contributed by atoms with Crippen LogP contribution in [0.4, 0.5) is 5.82 Å². The Hall–Kier alpha value is -0.460. The number of nitrogens with zero attached hydrogens (tertiary/aromatic N) is 2. The summed E-state index contributed by atoms with van der Waals surface area (Å²) >= 11 is 5.80. The monoisotopic (exact) mass is 325 g/mol. The van der Waals surface area contributed by atoms with Gasteiger partial charge in [-0.1, -0.05) is 0 Å². The molecule has 1 N–H and O–H groups in total. The Bertz CT molecular complexity index is 618. The van der Waals surface area contributed by atoms with Crippen molar-refractivity contribution in [3.05, 3.63) is 16.3 Å². The van der Waals surface area contributed by atoms with Crippen LogP contribution in [0.3, 0.4) is 0 Å². The first-order valence-corrected chi connectivity index (χ1v) is 9.93. The van der Waals surface area contributed by atoms with Crippen LogP contribution in [-0.2, 0) is 0 Å². The quantitative estimate of drug-likeness (QED) is 0.912. The molecule has 1 saturated heterocycles. The normalized spacial score (nSPS) is 19.4. The van der Waals surface area contributed by atoms with Gasteiger partial charge in [0.15, 0.2) is 0 Å². The Labute approximate surface area is 132 Å². The van der Waals surface area contributed by atoms with Gasteiger partial charge >= 0.3 is 0 Å². The highest BCUT2D eigenvalue weighted by atomic mass is 32.2. The lowest BCUT2D eigenvalue weighted by Gasteiger charge is -2.20. The van der Waals surface area contributed by atoms with Gasteiger partial charge in [-0.15, -0.1) is 23.1 Å². The number of thioether (sulfide) groups is 2. The molecule has 2 aromatic rings. The minimum absolute atomic E-state index is 0.443. The van der Waals surface area contributed by atoms with E-state index in [1.165, 1.54) is 27.3 Å². The zero-order valence-electron chi connectivity index (χ0n) is 12.0. The van der Waals surface area contributed by atoms with E-state index in [2.05, 4.69) is 26.1 Å². The molecule has 0 aromatic carbocycles. The van der Waals surface area contributed by atoms with E-state index in [9.17, 15) is 0 Å². The SMILES string of the molecule is CCNc1nc(C2CSCCS2)nc2sc(C)c(C)c12. The molecule has 0 amide bonds. The zero-order chi connectivity index (χ0) is 14.1. The Morgan fingerprint density at radius 3 is 2.80 bits per heavy atom. The second-order valence-corrected chi connectivity index (χ2v) is 8.52. The average molecular weight is 326 g/mol. The molecule has 1 atom stereocenters. The van der Waals surface area contributed by atoms with Crippen molar-refractivity contribution < 1.29 is 0 Å². The van der Waals surface area contributed by atoms with Crippen LogP contribution in [0.15, 0.2) is 0 Å². The Morgan fingerprint density at radius 2 is 2.10 bits per heavy atom. The smallest absolute Gasteiger partial charge is 0.146 e. The number of hydrogen-bond acceptors (Lipinski definition) is 6.